The van der Waals surface area contributed by atoms with E-state index in [-0.39, 0.29) is 18.1 Å². The fourth-order valence-corrected chi connectivity index (χ4v) is 4.58. The SMILES string of the molecule is CN(C)c1ncnc2sc3c(c12)CCN(C(=O)Cc1ccccc1F)C3. The summed E-state index contributed by atoms with van der Waals surface area (Å²) in [5.74, 6) is 0.544. The summed E-state index contributed by atoms with van der Waals surface area (Å²) in [5, 5.41) is 1.10. The molecule has 0 aliphatic carbocycles. The number of hydrogen-bond donors (Lipinski definition) is 0. The Kier molecular flexibility index (Phi) is 4.32. The number of halogens is 1. The molecule has 1 aliphatic heterocycles. The number of aromatic nitrogens is 2. The number of thiophene rings is 1. The molecule has 0 bridgehead atoms. The first-order valence-electron chi connectivity index (χ1n) is 8.48. The normalized spacial score (nSPS) is 13.7. The van der Waals surface area contributed by atoms with E-state index in [1.165, 1.54) is 11.6 Å². The van der Waals surface area contributed by atoms with E-state index in [4.69, 9.17) is 0 Å². The van der Waals surface area contributed by atoms with Crippen molar-refractivity contribution in [1.82, 2.24) is 14.9 Å². The molecule has 7 heteroatoms. The minimum atomic E-state index is -0.327. The van der Waals surface area contributed by atoms with Crippen molar-refractivity contribution >= 4 is 33.3 Å². The number of nitrogens with zero attached hydrogens (tertiary/aromatic N) is 4. The summed E-state index contributed by atoms with van der Waals surface area (Å²) >= 11 is 1.62. The molecular weight excluding hydrogens is 351 g/mol. The Balaban J connectivity index is 1.60. The van der Waals surface area contributed by atoms with Crippen LogP contribution >= 0.6 is 11.3 Å². The van der Waals surface area contributed by atoms with Gasteiger partial charge in [-0.05, 0) is 23.6 Å². The quantitative estimate of drug-likeness (QED) is 0.711. The van der Waals surface area contributed by atoms with Crippen LogP contribution in [0.5, 0.6) is 0 Å². The van der Waals surface area contributed by atoms with Gasteiger partial charge in [-0.3, -0.25) is 4.79 Å². The molecule has 1 aromatic carbocycles. The van der Waals surface area contributed by atoms with Crippen LogP contribution in [0.4, 0.5) is 10.2 Å². The van der Waals surface area contributed by atoms with E-state index in [9.17, 15) is 9.18 Å². The monoisotopic (exact) mass is 370 g/mol. The number of rotatable bonds is 3. The molecule has 0 saturated heterocycles. The van der Waals surface area contributed by atoms with Crippen LogP contribution in [0, 0.1) is 5.82 Å². The van der Waals surface area contributed by atoms with Crippen LogP contribution in [0.3, 0.4) is 0 Å². The third kappa shape index (κ3) is 2.92. The standard InChI is InChI=1S/C19H19FN4OS/c1-23(2)18-17-13-7-8-24(10-15(13)26-19(17)22-11-21-18)16(25)9-12-5-3-4-6-14(12)20/h3-6,11H,7-10H2,1-2H3. The molecule has 0 radical (unpaired) electrons. The first-order valence-corrected chi connectivity index (χ1v) is 9.30. The summed E-state index contributed by atoms with van der Waals surface area (Å²) in [6.07, 6.45) is 2.45. The Morgan fingerprint density at radius 1 is 1.31 bits per heavy atom. The van der Waals surface area contributed by atoms with Crippen molar-refractivity contribution in [1.29, 1.82) is 0 Å². The largest absolute Gasteiger partial charge is 0.362 e. The molecule has 3 aromatic rings. The summed E-state index contributed by atoms with van der Waals surface area (Å²) in [6, 6.07) is 6.45. The van der Waals surface area contributed by atoms with Gasteiger partial charge in [0.1, 0.15) is 22.8 Å². The lowest BCUT2D eigenvalue weighted by Crippen LogP contribution is -2.36. The molecule has 0 atom stereocenters. The summed E-state index contributed by atoms with van der Waals surface area (Å²) < 4.78 is 13.8. The third-order valence-corrected chi connectivity index (χ3v) is 5.82. The number of hydrogen-bond acceptors (Lipinski definition) is 5. The molecule has 4 rings (SSSR count). The fraction of sp³-hybridized carbons (Fsp3) is 0.316. The van der Waals surface area contributed by atoms with Crippen molar-refractivity contribution in [3.05, 3.63) is 52.4 Å². The van der Waals surface area contributed by atoms with Crippen LogP contribution in [-0.2, 0) is 24.2 Å². The first-order chi connectivity index (χ1) is 12.5. The molecule has 0 fully saturated rings. The Labute approximate surface area is 155 Å². The molecule has 134 valence electrons. The highest BCUT2D eigenvalue weighted by molar-refractivity contribution is 7.19. The van der Waals surface area contributed by atoms with Gasteiger partial charge in [0.25, 0.3) is 0 Å². The molecule has 1 amide bonds. The number of anilines is 1. The van der Waals surface area contributed by atoms with Crippen molar-refractivity contribution in [3.8, 4) is 0 Å². The van der Waals surface area contributed by atoms with Gasteiger partial charge in [0.2, 0.25) is 5.91 Å². The van der Waals surface area contributed by atoms with E-state index in [1.807, 2.05) is 23.9 Å². The van der Waals surface area contributed by atoms with Gasteiger partial charge in [0.15, 0.2) is 0 Å². The molecule has 1 aliphatic rings. The Bertz CT molecular complexity index is 985. The highest BCUT2D eigenvalue weighted by Crippen LogP contribution is 2.38. The Morgan fingerprint density at radius 3 is 2.88 bits per heavy atom. The zero-order valence-electron chi connectivity index (χ0n) is 14.7. The van der Waals surface area contributed by atoms with Gasteiger partial charge in [-0.2, -0.15) is 0 Å². The van der Waals surface area contributed by atoms with Gasteiger partial charge in [-0.25, -0.2) is 14.4 Å². The maximum atomic E-state index is 13.8. The van der Waals surface area contributed by atoms with Crippen molar-refractivity contribution in [2.75, 3.05) is 25.5 Å². The molecule has 3 heterocycles. The molecular formula is C19H19FN4OS. The lowest BCUT2D eigenvalue weighted by Gasteiger charge is -2.27. The molecule has 0 N–H and O–H groups in total. The van der Waals surface area contributed by atoms with Crippen molar-refractivity contribution < 1.29 is 9.18 Å². The van der Waals surface area contributed by atoms with Gasteiger partial charge < -0.3 is 9.80 Å². The van der Waals surface area contributed by atoms with Crippen LogP contribution in [0.2, 0.25) is 0 Å². The molecule has 0 saturated carbocycles. The molecule has 5 nitrogen and oxygen atoms in total. The fourth-order valence-electron chi connectivity index (χ4n) is 3.38. The van der Waals surface area contributed by atoms with Crippen molar-refractivity contribution in [3.63, 3.8) is 0 Å². The molecule has 0 unspecified atom stereocenters. The second-order valence-corrected chi connectivity index (χ2v) is 7.69. The van der Waals surface area contributed by atoms with Crippen molar-refractivity contribution in [2.24, 2.45) is 0 Å². The first kappa shape index (κ1) is 16.9. The van der Waals surface area contributed by atoms with E-state index in [0.29, 0.717) is 18.7 Å². The maximum absolute atomic E-state index is 13.8. The lowest BCUT2D eigenvalue weighted by molar-refractivity contribution is -0.131. The van der Waals surface area contributed by atoms with Gasteiger partial charge in [-0.1, -0.05) is 18.2 Å². The van der Waals surface area contributed by atoms with Gasteiger partial charge in [0.05, 0.1) is 18.4 Å². The zero-order chi connectivity index (χ0) is 18.3. The maximum Gasteiger partial charge on any atom is 0.227 e. The van der Waals surface area contributed by atoms with Gasteiger partial charge in [0, 0.05) is 25.5 Å². The Morgan fingerprint density at radius 2 is 2.12 bits per heavy atom. The second-order valence-electron chi connectivity index (χ2n) is 6.61. The minimum absolute atomic E-state index is 0.0443. The minimum Gasteiger partial charge on any atom is -0.362 e. The summed E-state index contributed by atoms with van der Waals surface area (Å²) in [4.78, 5) is 27.4. The van der Waals surface area contributed by atoms with Gasteiger partial charge >= 0.3 is 0 Å². The number of carbonyl (C=O) groups is 1. The summed E-state index contributed by atoms with van der Waals surface area (Å²) in [7, 11) is 3.94. The average Bonchev–Trinajstić information content (AvgIpc) is 3.01. The highest BCUT2D eigenvalue weighted by atomic mass is 32.1. The number of amides is 1. The highest BCUT2D eigenvalue weighted by Gasteiger charge is 2.27. The number of fused-ring (bicyclic) bond motifs is 3. The van der Waals surface area contributed by atoms with Gasteiger partial charge in [-0.15, -0.1) is 11.3 Å². The smallest absolute Gasteiger partial charge is 0.227 e. The summed E-state index contributed by atoms with van der Waals surface area (Å²) in [5.41, 5.74) is 1.68. The topological polar surface area (TPSA) is 49.3 Å². The van der Waals surface area contributed by atoms with Crippen LogP contribution in [0.25, 0.3) is 10.2 Å². The number of carbonyl (C=O) groups excluding carboxylic acids is 1. The van der Waals surface area contributed by atoms with E-state index in [1.54, 1.807) is 35.9 Å². The predicted molar refractivity (Wildman–Crippen MR) is 101 cm³/mol. The summed E-state index contributed by atoms with van der Waals surface area (Å²) in [6.45, 7) is 1.18. The van der Waals surface area contributed by atoms with Crippen LogP contribution in [-0.4, -0.2) is 41.4 Å². The van der Waals surface area contributed by atoms with Crippen LogP contribution in [0.15, 0.2) is 30.6 Å². The third-order valence-electron chi connectivity index (χ3n) is 4.69. The molecule has 0 spiro atoms. The molecule has 26 heavy (non-hydrogen) atoms. The van der Waals surface area contributed by atoms with E-state index in [0.717, 1.165) is 27.3 Å². The van der Waals surface area contributed by atoms with E-state index in [2.05, 4.69) is 9.97 Å². The van der Waals surface area contributed by atoms with Crippen LogP contribution in [0.1, 0.15) is 16.0 Å². The van der Waals surface area contributed by atoms with E-state index < -0.39 is 0 Å². The second kappa shape index (κ2) is 6.64. The Hall–Kier alpha value is -2.54. The number of benzene rings is 1. The predicted octanol–water partition coefficient (Wildman–Crippen LogP) is 3.02. The molecule has 2 aromatic heterocycles. The average molecular weight is 370 g/mol. The lowest BCUT2D eigenvalue weighted by atomic mass is 10.0. The van der Waals surface area contributed by atoms with Crippen LogP contribution < -0.4 is 4.90 Å². The zero-order valence-corrected chi connectivity index (χ0v) is 15.5. The van der Waals surface area contributed by atoms with E-state index >= 15 is 0 Å². The van der Waals surface area contributed by atoms with Crippen molar-refractivity contribution in [2.45, 2.75) is 19.4 Å².